The van der Waals surface area contributed by atoms with Crippen LogP contribution in [0.2, 0.25) is 0 Å². The Morgan fingerprint density at radius 1 is 1.19 bits per heavy atom. The number of carbonyl (C=O) groups is 1. The third-order valence-corrected chi connectivity index (χ3v) is 4.32. The van der Waals surface area contributed by atoms with E-state index in [0.717, 1.165) is 31.5 Å². The molecule has 1 unspecified atom stereocenters. The van der Waals surface area contributed by atoms with Crippen LogP contribution in [0.1, 0.15) is 37.7 Å². The van der Waals surface area contributed by atoms with Crippen LogP contribution in [0, 0.1) is 0 Å². The molecule has 1 aliphatic heterocycles. The van der Waals surface area contributed by atoms with Gasteiger partial charge >= 0.3 is 0 Å². The van der Waals surface area contributed by atoms with Crippen LogP contribution in [0.5, 0.6) is 0 Å². The molecule has 1 atom stereocenters. The van der Waals surface area contributed by atoms with Crippen LogP contribution < -0.4 is 5.32 Å². The lowest BCUT2D eigenvalue weighted by atomic mass is 10.0. The Morgan fingerprint density at radius 3 is 2.67 bits per heavy atom. The van der Waals surface area contributed by atoms with Crippen molar-refractivity contribution < 1.29 is 4.79 Å². The van der Waals surface area contributed by atoms with Crippen molar-refractivity contribution in [3.05, 3.63) is 42.0 Å². The predicted molar refractivity (Wildman–Crippen MR) is 85.9 cm³/mol. The molecule has 1 saturated carbocycles. The fourth-order valence-electron chi connectivity index (χ4n) is 2.95. The molecule has 3 nitrogen and oxygen atoms in total. The van der Waals surface area contributed by atoms with Gasteiger partial charge in [0.2, 0.25) is 5.91 Å². The van der Waals surface area contributed by atoms with Crippen molar-refractivity contribution in [2.45, 2.75) is 44.2 Å². The molecule has 0 bridgehead atoms. The van der Waals surface area contributed by atoms with Crippen LogP contribution in [0.25, 0.3) is 6.08 Å². The average molecular weight is 284 g/mol. The number of hydrogen-bond acceptors (Lipinski definition) is 2. The van der Waals surface area contributed by atoms with E-state index in [2.05, 4.69) is 10.2 Å². The summed E-state index contributed by atoms with van der Waals surface area (Å²) in [4.78, 5) is 14.6. The average Bonchev–Trinajstić information content (AvgIpc) is 3.37. The van der Waals surface area contributed by atoms with Gasteiger partial charge in [-0.1, -0.05) is 36.8 Å². The Hall–Kier alpha value is -1.61. The summed E-state index contributed by atoms with van der Waals surface area (Å²) in [6.07, 6.45) is 9.72. The summed E-state index contributed by atoms with van der Waals surface area (Å²) >= 11 is 0. The molecule has 0 aromatic heterocycles. The number of hydrogen-bond donors (Lipinski definition) is 1. The van der Waals surface area contributed by atoms with Gasteiger partial charge in [-0.25, -0.2) is 0 Å². The molecule has 0 spiro atoms. The first-order valence-corrected chi connectivity index (χ1v) is 8.10. The molecule has 1 N–H and O–H groups in total. The molecule has 2 aliphatic rings. The molecule has 1 heterocycles. The maximum absolute atomic E-state index is 12.5. The van der Waals surface area contributed by atoms with Gasteiger partial charge in [0, 0.05) is 24.7 Å². The SMILES string of the molecule is O=C(/C=C/c1ccccc1)N(CC1CCCCN1)C1CC1. The lowest BCUT2D eigenvalue weighted by Crippen LogP contribution is -2.46. The molecule has 1 amide bonds. The van der Waals surface area contributed by atoms with Crippen molar-refractivity contribution in [2.24, 2.45) is 0 Å². The van der Waals surface area contributed by atoms with Crippen molar-refractivity contribution in [3.63, 3.8) is 0 Å². The fraction of sp³-hybridized carbons (Fsp3) is 0.500. The largest absolute Gasteiger partial charge is 0.335 e. The number of benzene rings is 1. The lowest BCUT2D eigenvalue weighted by Gasteiger charge is -2.30. The molecule has 112 valence electrons. The number of nitrogens with one attached hydrogen (secondary N) is 1. The number of nitrogens with zero attached hydrogens (tertiary/aromatic N) is 1. The van der Waals surface area contributed by atoms with E-state index in [9.17, 15) is 4.79 Å². The van der Waals surface area contributed by atoms with Crippen molar-refractivity contribution in [1.29, 1.82) is 0 Å². The Morgan fingerprint density at radius 2 is 2.00 bits per heavy atom. The van der Waals surface area contributed by atoms with Crippen LogP contribution in [0.4, 0.5) is 0 Å². The summed E-state index contributed by atoms with van der Waals surface area (Å²) in [7, 11) is 0. The Bertz CT molecular complexity index is 487. The molecule has 1 aromatic carbocycles. The number of piperidine rings is 1. The van der Waals surface area contributed by atoms with Gasteiger partial charge in [0.25, 0.3) is 0 Å². The van der Waals surface area contributed by atoms with Gasteiger partial charge in [-0.2, -0.15) is 0 Å². The fourth-order valence-corrected chi connectivity index (χ4v) is 2.95. The van der Waals surface area contributed by atoms with E-state index in [1.54, 1.807) is 6.08 Å². The highest BCUT2D eigenvalue weighted by atomic mass is 16.2. The number of amides is 1. The molecule has 2 fully saturated rings. The van der Waals surface area contributed by atoms with Crippen molar-refractivity contribution >= 4 is 12.0 Å². The van der Waals surface area contributed by atoms with E-state index in [-0.39, 0.29) is 5.91 Å². The summed E-state index contributed by atoms with van der Waals surface area (Å²) in [5.74, 6) is 0.161. The molecular formula is C18H24N2O. The highest BCUT2D eigenvalue weighted by Crippen LogP contribution is 2.28. The number of carbonyl (C=O) groups excluding carboxylic acids is 1. The van der Waals surface area contributed by atoms with Gasteiger partial charge in [0.1, 0.15) is 0 Å². The minimum atomic E-state index is 0.161. The maximum Gasteiger partial charge on any atom is 0.246 e. The van der Waals surface area contributed by atoms with Gasteiger partial charge < -0.3 is 10.2 Å². The van der Waals surface area contributed by atoms with Crippen molar-refractivity contribution in [1.82, 2.24) is 10.2 Å². The topological polar surface area (TPSA) is 32.3 Å². The monoisotopic (exact) mass is 284 g/mol. The quantitative estimate of drug-likeness (QED) is 0.843. The first-order valence-electron chi connectivity index (χ1n) is 8.10. The smallest absolute Gasteiger partial charge is 0.246 e. The first-order chi connectivity index (χ1) is 10.3. The summed E-state index contributed by atoms with van der Waals surface area (Å²) in [5, 5.41) is 3.54. The predicted octanol–water partition coefficient (Wildman–Crippen LogP) is 2.83. The Balaban J connectivity index is 1.60. The summed E-state index contributed by atoms with van der Waals surface area (Å²) < 4.78 is 0. The van der Waals surface area contributed by atoms with E-state index in [1.807, 2.05) is 36.4 Å². The van der Waals surface area contributed by atoms with Gasteiger partial charge in [-0.3, -0.25) is 4.79 Å². The molecular weight excluding hydrogens is 260 g/mol. The highest BCUT2D eigenvalue weighted by Gasteiger charge is 2.33. The standard InChI is InChI=1S/C18H24N2O/c21-18(12-9-15-6-2-1-3-7-15)20(17-10-11-17)14-16-8-4-5-13-19-16/h1-3,6-7,9,12,16-17,19H,4-5,8,10-11,13-14H2/b12-9+. The first kappa shape index (κ1) is 14.3. The third-order valence-electron chi connectivity index (χ3n) is 4.32. The van der Waals surface area contributed by atoms with Crippen molar-refractivity contribution in [3.8, 4) is 0 Å². The number of rotatable bonds is 5. The van der Waals surface area contributed by atoms with Crippen LogP contribution in [-0.2, 0) is 4.79 Å². The lowest BCUT2D eigenvalue weighted by molar-refractivity contribution is -0.127. The zero-order chi connectivity index (χ0) is 14.5. The Labute approximate surface area is 127 Å². The minimum absolute atomic E-state index is 0.161. The molecule has 1 aromatic rings. The summed E-state index contributed by atoms with van der Waals surface area (Å²) in [5.41, 5.74) is 1.08. The van der Waals surface area contributed by atoms with Gasteiger partial charge in [0.15, 0.2) is 0 Å². The third kappa shape index (κ3) is 4.18. The van der Waals surface area contributed by atoms with Crippen LogP contribution in [-0.4, -0.2) is 36.0 Å². The molecule has 3 heteroatoms. The van der Waals surface area contributed by atoms with E-state index in [4.69, 9.17) is 0 Å². The van der Waals surface area contributed by atoms with Gasteiger partial charge in [-0.05, 0) is 43.9 Å². The normalized spacial score (nSPS) is 22.4. The molecule has 21 heavy (non-hydrogen) atoms. The van der Waals surface area contributed by atoms with Crippen LogP contribution >= 0.6 is 0 Å². The second kappa shape index (κ2) is 6.90. The zero-order valence-electron chi connectivity index (χ0n) is 12.5. The van der Waals surface area contributed by atoms with Gasteiger partial charge in [0.05, 0.1) is 0 Å². The molecule has 1 aliphatic carbocycles. The van der Waals surface area contributed by atoms with E-state index < -0.39 is 0 Å². The zero-order valence-corrected chi connectivity index (χ0v) is 12.5. The van der Waals surface area contributed by atoms with Crippen molar-refractivity contribution in [2.75, 3.05) is 13.1 Å². The van der Waals surface area contributed by atoms with E-state index in [0.29, 0.717) is 12.1 Å². The molecule has 3 rings (SSSR count). The highest BCUT2D eigenvalue weighted by molar-refractivity contribution is 5.92. The van der Waals surface area contributed by atoms with E-state index in [1.165, 1.54) is 19.3 Å². The minimum Gasteiger partial charge on any atom is -0.335 e. The second-order valence-corrected chi connectivity index (χ2v) is 6.11. The van der Waals surface area contributed by atoms with Gasteiger partial charge in [-0.15, -0.1) is 0 Å². The Kier molecular flexibility index (Phi) is 4.71. The second-order valence-electron chi connectivity index (χ2n) is 6.11. The summed E-state index contributed by atoms with van der Waals surface area (Å²) in [6.45, 7) is 1.96. The summed E-state index contributed by atoms with van der Waals surface area (Å²) in [6, 6.07) is 11.0. The van der Waals surface area contributed by atoms with Crippen LogP contribution in [0.15, 0.2) is 36.4 Å². The van der Waals surface area contributed by atoms with Crippen LogP contribution in [0.3, 0.4) is 0 Å². The maximum atomic E-state index is 12.5. The van der Waals surface area contributed by atoms with E-state index >= 15 is 0 Å². The molecule has 0 radical (unpaired) electrons. The molecule has 1 saturated heterocycles.